The van der Waals surface area contributed by atoms with E-state index in [0.29, 0.717) is 17.7 Å². The SMILES string of the molecule is Cc1ccc2[nH]c(=O)c(C3=NN(C(=O)CCC(=O)O)[C@H](c4ccccc4)C3)c(-c3ccccc3)c2c1. The number of carbonyl (C=O) groups is 2. The fourth-order valence-electron chi connectivity index (χ4n) is 4.74. The number of amides is 1. The van der Waals surface area contributed by atoms with E-state index in [-0.39, 0.29) is 18.4 Å². The first-order valence-electron chi connectivity index (χ1n) is 11.8. The highest BCUT2D eigenvalue weighted by atomic mass is 16.4. The van der Waals surface area contributed by atoms with Crippen LogP contribution in [0.4, 0.5) is 0 Å². The number of nitrogens with one attached hydrogen (secondary N) is 1. The van der Waals surface area contributed by atoms with E-state index in [4.69, 9.17) is 5.11 Å². The van der Waals surface area contributed by atoms with E-state index in [0.717, 1.165) is 33.2 Å². The van der Waals surface area contributed by atoms with Crippen molar-refractivity contribution in [3.8, 4) is 11.1 Å². The molecule has 36 heavy (non-hydrogen) atoms. The van der Waals surface area contributed by atoms with E-state index in [1.54, 1.807) is 0 Å². The number of H-pyrrole nitrogens is 1. The lowest BCUT2D eigenvalue weighted by Crippen LogP contribution is -2.27. The normalized spacial score (nSPS) is 15.2. The quantitative estimate of drug-likeness (QED) is 0.404. The Balaban J connectivity index is 1.70. The van der Waals surface area contributed by atoms with Gasteiger partial charge >= 0.3 is 5.97 Å². The van der Waals surface area contributed by atoms with Crippen LogP contribution in [0.1, 0.15) is 42.0 Å². The first kappa shape index (κ1) is 23.2. The van der Waals surface area contributed by atoms with Gasteiger partial charge in [-0.05, 0) is 30.2 Å². The molecule has 0 fully saturated rings. The van der Waals surface area contributed by atoms with Crippen LogP contribution in [0.2, 0.25) is 0 Å². The van der Waals surface area contributed by atoms with E-state index in [1.807, 2.05) is 85.8 Å². The molecule has 1 aromatic heterocycles. The van der Waals surface area contributed by atoms with Crippen LogP contribution >= 0.6 is 0 Å². The number of aliphatic carboxylic acids is 1. The van der Waals surface area contributed by atoms with E-state index in [1.165, 1.54) is 5.01 Å². The number of hydrogen-bond donors (Lipinski definition) is 2. The Morgan fingerprint density at radius 2 is 1.67 bits per heavy atom. The molecular weight excluding hydrogens is 454 g/mol. The molecule has 0 saturated carbocycles. The molecule has 0 unspecified atom stereocenters. The van der Waals surface area contributed by atoms with Gasteiger partial charge < -0.3 is 10.1 Å². The summed E-state index contributed by atoms with van der Waals surface area (Å²) in [5.41, 5.74) is 4.93. The second-order valence-electron chi connectivity index (χ2n) is 8.93. The van der Waals surface area contributed by atoms with Crippen molar-refractivity contribution in [3.05, 3.63) is 106 Å². The van der Waals surface area contributed by atoms with Crippen LogP contribution in [0.15, 0.2) is 88.8 Å². The van der Waals surface area contributed by atoms with Gasteiger partial charge in [0.15, 0.2) is 0 Å². The summed E-state index contributed by atoms with van der Waals surface area (Å²) in [5, 5.41) is 16.0. The zero-order valence-corrected chi connectivity index (χ0v) is 19.8. The zero-order chi connectivity index (χ0) is 25.2. The van der Waals surface area contributed by atoms with E-state index >= 15 is 0 Å². The molecule has 2 N–H and O–H groups in total. The topological polar surface area (TPSA) is 103 Å². The number of aromatic amines is 1. The van der Waals surface area contributed by atoms with Crippen LogP contribution in [-0.2, 0) is 9.59 Å². The second kappa shape index (κ2) is 9.62. The molecule has 4 aromatic rings. The predicted octanol–water partition coefficient (Wildman–Crippen LogP) is 5.05. The van der Waals surface area contributed by atoms with Gasteiger partial charge in [0.05, 0.1) is 23.7 Å². The lowest BCUT2D eigenvalue weighted by molar-refractivity contribution is -0.141. The largest absolute Gasteiger partial charge is 0.481 e. The van der Waals surface area contributed by atoms with Gasteiger partial charge in [-0.2, -0.15) is 5.10 Å². The minimum atomic E-state index is -1.05. The van der Waals surface area contributed by atoms with Crippen molar-refractivity contribution in [3.63, 3.8) is 0 Å². The number of benzene rings is 3. The average molecular weight is 480 g/mol. The number of carbonyl (C=O) groups excluding carboxylic acids is 1. The molecule has 1 atom stereocenters. The molecule has 7 nitrogen and oxygen atoms in total. The maximum atomic E-state index is 13.5. The number of carboxylic acid groups (broad SMARTS) is 1. The summed E-state index contributed by atoms with van der Waals surface area (Å²) in [7, 11) is 0. The molecule has 0 aliphatic carbocycles. The molecule has 180 valence electrons. The number of carboxylic acids is 1. The van der Waals surface area contributed by atoms with E-state index in [9.17, 15) is 14.4 Å². The maximum Gasteiger partial charge on any atom is 0.303 e. The van der Waals surface area contributed by atoms with Gasteiger partial charge in [0, 0.05) is 29.3 Å². The molecule has 5 rings (SSSR count). The van der Waals surface area contributed by atoms with Crippen molar-refractivity contribution in [2.45, 2.75) is 32.2 Å². The van der Waals surface area contributed by atoms with Crippen molar-refractivity contribution in [1.29, 1.82) is 0 Å². The first-order valence-corrected chi connectivity index (χ1v) is 11.8. The smallest absolute Gasteiger partial charge is 0.303 e. The van der Waals surface area contributed by atoms with Crippen LogP contribution < -0.4 is 5.56 Å². The third-order valence-electron chi connectivity index (χ3n) is 6.42. The standard InChI is InChI=1S/C29H25N3O4/c1-18-12-13-22-21(16-18)27(20-10-6-3-7-11-20)28(29(36)30-22)23-17-24(19-8-4-2-5-9-19)32(31-23)25(33)14-15-26(34)35/h2-13,16,24H,14-15,17H2,1H3,(H,30,36)(H,34,35)/t24-/m0/s1. The molecule has 7 heteroatoms. The summed E-state index contributed by atoms with van der Waals surface area (Å²) >= 11 is 0. The summed E-state index contributed by atoms with van der Waals surface area (Å²) in [6.45, 7) is 2.00. The molecule has 0 bridgehead atoms. The molecule has 0 saturated heterocycles. The Labute approximate surface area is 207 Å². The highest BCUT2D eigenvalue weighted by molar-refractivity contribution is 6.13. The minimum absolute atomic E-state index is 0.172. The highest BCUT2D eigenvalue weighted by Crippen LogP contribution is 2.37. The third kappa shape index (κ3) is 4.43. The summed E-state index contributed by atoms with van der Waals surface area (Å²) in [6, 6.07) is 24.6. The fraction of sp³-hybridized carbons (Fsp3) is 0.172. The van der Waals surface area contributed by atoms with Crippen LogP contribution in [0.25, 0.3) is 22.0 Å². The molecule has 3 aromatic carbocycles. The Hall–Kier alpha value is -4.52. The molecule has 2 heterocycles. The van der Waals surface area contributed by atoms with Gasteiger partial charge in [0.2, 0.25) is 5.91 Å². The van der Waals surface area contributed by atoms with Gasteiger partial charge in [0.25, 0.3) is 5.56 Å². The molecule has 1 aliphatic heterocycles. The van der Waals surface area contributed by atoms with Crippen LogP contribution in [0, 0.1) is 6.92 Å². The monoisotopic (exact) mass is 479 g/mol. The number of aryl methyl sites for hydroxylation is 1. The number of hydrogen-bond acceptors (Lipinski definition) is 4. The Morgan fingerprint density at radius 1 is 0.972 bits per heavy atom. The Morgan fingerprint density at radius 3 is 2.36 bits per heavy atom. The van der Waals surface area contributed by atoms with Gasteiger partial charge in [-0.15, -0.1) is 0 Å². The highest BCUT2D eigenvalue weighted by Gasteiger charge is 2.35. The summed E-state index contributed by atoms with van der Waals surface area (Å²) < 4.78 is 0. The maximum absolute atomic E-state index is 13.5. The van der Waals surface area contributed by atoms with Crippen molar-refractivity contribution < 1.29 is 14.7 Å². The molecule has 0 spiro atoms. The van der Waals surface area contributed by atoms with Crippen LogP contribution in [-0.4, -0.2) is 32.7 Å². The molecule has 1 aliphatic rings. The van der Waals surface area contributed by atoms with E-state index in [2.05, 4.69) is 10.1 Å². The number of aromatic nitrogens is 1. The second-order valence-corrected chi connectivity index (χ2v) is 8.93. The molecular formula is C29H25N3O4. The zero-order valence-electron chi connectivity index (χ0n) is 19.8. The van der Waals surface area contributed by atoms with E-state index < -0.39 is 17.9 Å². The summed E-state index contributed by atoms with van der Waals surface area (Å²) in [5.74, 6) is -1.44. The molecule has 1 amide bonds. The van der Waals surface area contributed by atoms with Crippen molar-refractivity contribution in [2.75, 3.05) is 0 Å². The van der Waals surface area contributed by atoms with Gasteiger partial charge in [-0.3, -0.25) is 14.4 Å². The number of rotatable bonds is 6. The summed E-state index contributed by atoms with van der Waals surface area (Å²) in [6.07, 6.45) is -0.121. The molecule has 0 radical (unpaired) electrons. The minimum Gasteiger partial charge on any atom is -0.481 e. The fourth-order valence-corrected chi connectivity index (χ4v) is 4.74. The van der Waals surface area contributed by atoms with Crippen molar-refractivity contribution in [2.24, 2.45) is 5.10 Å². The number of nitrogens with zero attached hydrogens (tertiary/aromatic N) is 2. The first-order chi connectivity index (χ1) is 17.4. The predicted molar refractivity (Wildman–Crippen MR) is 139 cm³/mol. The summed E-state index contributed by atoms with van der Waals surface area (Å²) in [4.78, 5) is 40.7. The van der Waals surface area contributed by atoms with Crippen LogP contribution in [0.5, 0.6) is 0 Å². The number of fused-ring (bicyclic) bond motifs is 1. The Kier molecular flexibility index (Phi) is 6.21. The average Bonchev–Trinajstić information content (AvgIpc) is 3.33. The number of hydrazone groups is 1. The lowest BCUT2D eigenvalue weighted by Gasteiger charge is -2.21. The third-order valence-corrected chi connectivity index (χ3v) is 6.42. The van der Waals surface area contributed by atoms with Crippen molar-refractivity contribution >= 4 is 28.5 Å². The lowest BCUT2D eigenvalue weighted by atomic mass is 9.90. The van der Waals surface area contributed by atoms with Crippen LogP contribution in [0.3, 0.4) is 0 Å². The van der Waals surface area contributed by atoms with Gasteiger partial charge in [-0.25, -0.2) is 5.01 Å². The Bertz CT molecular complexity index is 1540. The van der Waals surface area contributed by atoms with Crippen molar-refractivity contribution in [1.82, 2.24) is 9.99 Å². The number of pyridine rings is 1. The van der Waals surface area contributed by atoms with Gasteiger partial charge in [-0.1, -0.05) is 72.3 Å². The van der Waals surface area contributed by atoms with Gasteiger partial charge in [0.1, 0.15) is 0 Å².